The maximum Gasteiger partial charge on any atom is 0.229 e. The molecule has 3 nitrogen and oxygen atoms in total. The zero-order valence-corrected chi connectivity index (χ0v) is 11.4. The van der Waals surface area contributed by atoms with Crippen LogP contribution in [0.3, 0.4) is 0 Å². The van der Waals surface area contributed by atoms with Gasteiger partial charge >= 0.3 is 0 Å². The van der Waals surface area contributed by atoms with Crippen molar-refractivity contribution in [2.45, 2.75) is 26.7 Å². The van der Waals surface area contributed by atoms with E-state index in [0.29, 0.717) is 24.3 Å². The highest BCUT2D eigenvalue weighted by Crippen LogP contribution is 2.60. The van der Waals surface area contributed by atoms with Gasteiger partial charge in [0.1, 0.15) is 0 Å². The summed E-state index contributed by atoms with van der Waals surface area (Å²) >= 11 is 0. The Morgan fingerprint density at radius 3 is 2.56 bits per heavy atom. The topological polar surface area (TPSA) is 46.3 Å². The standard InChI is InChI=1S/C15H24N2O/c1-3-17(4-2)14(18)15(10-13(15)11-16)12-8-6-5-7-9-12/h5-8,12-13H,3-4,9-11,16H2,1-2H3/t12?,13-,15+/m0/s1. The van der Waals surface area contributed by atoms with Crippen LogP contribution in [0, 0.1) is 17.3 Å². The molecular formula is C15H24N2O. The summed E-state index contributed by atoms with van der Waals surface area (Å²) in [5, 5.41) is 0. The molecule has 3 heteroatoms. The van der Waals surface area contributed by atoms with Crippen LogP contribution in [0.15, 0.2) is 24.3 Å². The Bertz CT molecular complexity index is 371. The maximum absolute atomic E-state index is 12.8. The molecule has 2 aliphatic carbocycles. The van der Waals surface area contributed by atoms with Gasteiger partial charge in [-0.3, -0.25) is 4.79 Å². The molecule has 0 heterocycles. The van der Waals surface area contributed by atoms with Gasteiger partial charge in [-0.15, -0.1) is 0 Å². The Kier molecular flexibility index (Phi) is 3.91. The number of rotatable bonds is 5. The minimum absolute atomic E-state index is 0.206. The molecule has 0 aromatic rings. The number of hydrogen-bond acceptors (Lipinski definition) is 2. The molecule has 2 rings (SSSR count). The van der Waals surface area contributed by atoms with E-state index in [1.165, 1.54) is 0 Å². The number of allylic oxidation sites excluding steroid dienone is 4. The molecule has 100 valence electrons. The average Bonchev–Trinajstić information content (AvgIpc) is 3.17. The second-order valence-electron chi connectivity index (χ2n) is 5.31. The van der Waals surface area contributed by atoms with E-state index in [1.807, 2.05) is 18.7 Å². The minimum Gasteiger partial charge on any atom is -0.343 e. The molecule has 3 atom stereocenters. The van der Waals surface area contributed by atoms with Gasteiger partial charge in [-0.1, -0.05) is 24.3 Å². The monoisotopic (exact) mass is 248 g/mol. The number of nitrogens with two attached hydrogens (primary N) is 1. The van der Waals surface area contributed by atoms with Crippen LogP contribution >= 0.6 is 0 Å². The quantitative estimate of drug-likeness (QED) is 0.808. The molecule has 18 heavy (non-hydrogen) atoms. The third-order valence-corrected chi connectivity index (χ3v) is 4.53. The molecule has 1 amide bonds. The highest BCUT2D eigenvalue weighted by Gasteiger charge is 2.63. The Labute approximate surface area is 110 Å². The molecule has 0 aromatic heterocycles. The third-order valence-electron chi connectivity index (χ3n) is 4.53. The van der Waals surface area contributed by atoms with Crippen LogP contribution in [0.1, 0.15) is 26.7 Å². The molecule has 1 saturated carbocycles. The zero-order chi connectivity index (χ0) is 13.2. The van der Waals surface area contributed by atoms with E-state index in [1.54, 1.807) is 0 Å². The van der Waals surface area contributed by atoms with Crippen LogP contribution in [0.25, 0.3) is 0 Å². The molecular weight excluding hydrogens is 224 g/mol. The summed E-state index contributed by atoms with van der Waals surface area (Å²) in [5.74, 6) is 1.02. The average molecular weight is 248 g/mol. The molecule has 0 saturated heterocycles. The Morgan fingerprint density at radius 1 is 1.39 bits per heavy atom. The Balaban J connectivity index is 2.20. The van der Waals surface area contributed by atoms with Gasteiger partial charge in [-0.05, 0) is 45.1 Å². The van der Waals surface area contributed by atoms with Crippen molar-refractivity contribution in [3.63, 3.8) is 0 Å². The lowest BCUT2D eigenvalue weighted by molar-refractivity contribution is -0.138. The minimum atomic E-state index is -0.206. The molecule has 0 bridgehead atoms. The maximum atomic E-state index is 12.8. The van der Waals surface area contributed by atoms with Crippen molar-refractivity contribution >= 4 is 5.91 Å². The first kappa shape index (κ1) is 13.3. The predicted molar refractivity (Wildman–Crippen MR) is 73.9 cm³/mol. The normalized spacial score (nSPS) is 33.5. The highest BCUT2D eigenvalue weighted by atomic mass is 16.2. The van der Waals surface area contributed by atoms with Crippen molar-refractivity contribution in [2.75, 3.05) is 19.6 Å². The van der Waals surface area contributed by atoms with Crippen LogP contribution in [0.2, 0.25) is 0 Å². The van der Waals surface area contributed by atoms with Crippen molar-refractivity contribution in [3.8, 4) is 0 Å². The Hall–Kier alpha value is -1.09. The third kappa shape index (κ3) is 2.01. The van der Waals surface area contributed by atoms with Gasteiger partial charge in [0.15, 0.2) is 0 Å². The second kappa shape index (κ2) is 5.27. The second-order valence-corrected chi connectivity index (χ2v) is 5.31. The van der Waals surface area contributed by atoms with Gasteiger partial charge in [-0.25, -0.2) is 0 Å². The first-order valence-electron chi connectivity index (χ1n) is 7.03. The first-order valence-corrected chi connectivity index (χ1v) is 7.03. The van der Waals surface area contributed by atoms with Crippen molar-refractivity contribution in [2.24, 2.45) is 23.0 Å². The van der Waals surface area contributed by atoms with Crippen LogP contribution in [0.5, 0.6) is 0 Å². The van der Waals surface area contributed by atoms with Gasteiger partial charge < -0.3 is 10.6 Å². The van der Waals surface area contributed by atoms with Gasteiger partial charge in [0.05, 0.1) is 5.41 Å². The molecule has 0 aliphatic heterocycles. The summed E-state index contributed by atoms with van der Waals surface area (Å²) in [5.41, 5.74) is 5.62. The lowest BCUT2D eigenvalue weighted by Crippen LogP contribution is -2.42. The Morgan fingerprint density at radius 2 is 2.11 bits per heavy atom. The largest absolute Gasteiger partial charge is 0.343 e. The van der Waals surface area contributed by atoms with Crippen molar-refractivity contribution in [1.29, 1.82) is 0 Å². The van der Waals surface area contributed by atoms with Gasteiger partial charge in [-0.2, -0.15) is 0 Å². The van der Waals surface area contributed by atoms with Crippen LogP contribution in [-0.4, -0.2) is 30.4 Å². The lowest BCUT2D eigenvalue weighted by Gasteiger charge is -2.31. The summed E-state index contributed by atoms with van der Waals surface area (Å²) in [7, 11) is 0. The SMILES string of the molecule is CCN(CC)C(=O)[C@@]1(C2C=CC=CC2)C[C@H]1CN. The van der Waals surface area contributed by atoms with Crippen LogP contribution < -0.4 is 5.73 Å². The van der Waals surface area contributed by atoms with E-state index in [9.17, 15) is 4.79 Å². The summed E-state index contributed by atoms with van der Waals surface area (Å²) in [6, 6.07) is 0. The molecule has 1 unspecified atom stereocenters. The molecule has 1 fully saturated rings. The number of amides is 1. The van der Waals surface area contributed by atoms with E-state index in [2.05, 4.69) is 24.3 Å². The van der Waals surface area contributed by atoms with Crippen LogP contribution in [0.4, 0.5) is 0 Å². The molecule has 2 N–H and O–H groups in total. The first-order chi connectivity index (χ1) is 8.70. The molecule has 2 aliphatic rings. The molecule has 0 aromatic carbocycles. The van der Waals surface area contributed by atoms with E-state index in [0.717, 1.165) is 25.9 Å². The fraction of sp³-hybridized carbons (Fsp3) is 0.667. The van der Waals surface area contributed by atoms with E-state index < -0.39 is 0 Å². The smallest absolute Gasteiger partial charge is 0.229 e. The van der Waals surface area contributed by atoms with Gasteiger partial charge in [0, 0.05) is 13.1 Å². The molecule has 0 radical (unpaired) electrons. The van der Waals surface area contributed by atoms with Crippen molar-refractivity contribution in [1.82, 2.24) is 4.90 Å². The van der Waals surface area contributed by atoms with Crippen molar-refractivity contribution in [3.05, 3.63) is 24.3 Å². The van der Waals surface area contributed by atoms with Crippen molar-refractivity contribution < 1.29 is 4.79 Å². The fourth-order valence-electron chi connectivity index (χ4n) is 3.28. The number of carbonyl (C=O) groups excluding carboxylic acids is 1. The molecule has 0 spiro atoms. The van der Waals surface area contributed by atoms with Gasteiger partial charge in [0.25, 0.3) is 0 Å². The summed E-state index contributed by atoms with van der Waals surface area (Å²) < 4.78 is 0. The van der Waals surface area contributed by atoms with Gasteiger partial charge in [0.2, 0.25) is 5.91 Å². The number of nitrogens with zero attached hydrogens (tertiary/aromatic N) is 1. The predicted octanol–water partition coefficient (Wildman–Crippen LogP) is 1.95. The van der Waals surface area contributed by atoms with Crippen LogP contribution in [-0.2, 0) is 4.79 Å². The summed E-state index contributed by atoms with van der Waals surface area (Å²) in [4.78, 5) is 14.7. The van der Waals surface area contributed by atoms with E-state index in [4.69, 9.17) is 5.73 Å². The zero-order valence-electron chi connectivity index (χ0n) is 11.4. The van der Waals surface area contributed by atoms with E-state index >= 15 is 0 Å². The number of hydrogen-bond donors (Lipinski definition) is 1. The fourth-order valence-corrected chi connectivity index (χ4v) is 3.28. The summed E-state index contributed by atoms with van der Waals surface area (Å²) in [6.45, 7) is 6.31. The summed E-state index contributed by atoms with van der Waals surface area (Å²) in [6.07, 6.45) is 10.4. The van der Waals surface area contributed by atoms with E-state index in [-0.39, 0.29) is 5.41 Å². The number of carbonyl (C=O) groups is 1. The lowest BCUT2D eigenvalue weighted by atomic mass is 9.81. The highest BCUT2D eigenvalue weighted by molar-refractivity contribution is 5.87.